The molecule has 1 aromatic carbocycles. The number of benzene rings is 1. The maximum Gasteiger partial charge on any atom is 0.225 e. The summed E-state index contributed by atoms with van der Waals surface area (Å²) in [7, 11) is 0. The van der Waals surface area contributed by atoms with E-state index in [-0.39, 0.29) is 0 Å². The van der Waals surface area contributed by atoms with E-state index in [4.69, 9.17) is 0 Å². The third-order valence-electron chi connectivity index (χ3n) is 4.10. The van der Waals surface area contributed by atoms with Crippen molar-refractivity contribution in [1.29, 1.82) is 5.26 Å². The minimum atomic E-state index is 0.463. The number of nitriles is 1. The quantitative estimate of drug-likeness (QED) is 0.888. The van der Waals surface area contributed by atoms with Crippen LogP contribution in [0, 0.1) is 18.3 Å². The van der Waals surface area contributed by atoms with Crippen molar-refractivity contribution in [3.05, 3.63) is 41.6 Å². The van der Waals surface area contributed by atoms with Crippen LogP contribution in [-0.4, -0.2) is 16.0 Å². The van der Waals surface area contributed by atoms with Gasteiger partial charge >= 0.3 is 0 Å². The smallest absolute Gasteiger partial charge is 0.225 e. The Kier molecular flexibility index (Phi) is 4.72. The van der Waals surface area contributed by atoms with Crippen molar-refractivity contribution in [1.82, 2.24) is 9.97 Å². The van der Waals surface area contributed by atoms with Gasteiger partial charge in [-0.15, -0.1) is 0 Å². The highest BCUT2D eigenvalue weighted by Gasteiger charge is 2.14. The fourth-order valence-corrected chi connectivity index (χ4v) is 2.95. The molecular weight excluding hydrogens is 286 g/mol. The predicted molar refractivity (Wildman–Crippen MR) is 91.7 cm³/mol. The van der Waals surface area contributed by atoms with Crippen LogP contribution >= 0.6 is 0 Å². The highest BCUT2D eigenvalue weighted by molar-refractivity contribution is 5.65. The first-order valence-corrected chi connectivity index (χ1v) is 8.13. The van der Waals surface area contributed by atoms with Gasteiger partial charge in [0, 0.05) is 17.8 Å². The number of rotatable bonds is 4. The molecule has 2 aromatic rings. The second-order valence-electron chi connectivity index (χ2n) is 5.98. The largest absolute Gasteiger partial charge is 0.351 e. The van der Waals surface area contributed by atoms with E-state index in [1.165, 1.54) is 32.1 Å². The predicted octanol–water partition coefficient (Wildman–Crippen LogP) is 4.14. The number of hydrogen-bond donors (Lipinski definition) is 2. The van der Waals surface area contributed by atoms with Crippen LogP contribution in [0.1, 0.15) is 43.4 Å². The Hall–Kier alpha value is -2.61. The summed E-state index contributed by atoms with van der Waals surface area (Å²) in [4.78, 5) is 9.04. The summed E-state index contributed by atoms with van der Waals surface area (Å²) >= 11 is 0. The van der Waals surface area contributed by atoms with Gasteiger partial charge in [0.2, 0.25) is 5.95 Å². The molecule has 5 heteroatoms. The second-order valence-corrected chi connectivity index (χ2v) is 5.98. The summed E-state index contributed by atoms with van der Waals surface area (Å²) in [6.45, 7) is 1.95. The van der Waals surface area contributed by atoms with Gasteiger partial charge in [-0.25, -0.2) is 4.98 Å². The minimum absolute atomic E-state index is 0.463. The first kappa shape index (κ1) is 15.3. The molecule has 0 spiro atoms. The van der Waals surface area contributed by atoms with Crippen LogP contribution in [0.2, 0.25) is 0 Å². The first-order chi connectivity index (χ1) is 11.2. The maximum absolute atomic E-state index is 9.19. The van der Waals surface area contributed by atoms with Crippen LogP contribution in [0.15, 0.2) is 30.3 Å². The van der Waals surface area contributed by atoms with E-state index in [1.807, 2.05) is 31.2 Å². The maximum atomic E-state index is 9.19. The van der Waals surface area contributed by atoms with Gasteiger partial charge in [-0.05, 0) is 31.9 Å². The molecule has 1 fully saturated rings. The zero-order valence-electron chi connectivity index (χ0n) is 13.3. The zero-order chi connectivity index (χ0) is 16.1. The molecule has 2 N–H and O–H groups in total. The Balaban J connectivity index is 1.78. The molecule has 3 rings (SSSR count). The number of aromatic nitrogens is 2. The van der Waals surface area contributed by atoms with Gasteiger partial charge in [0.25, 0.3) is 0 Å². The Morgan fingerprint density at radius 3 is 2.70 bits per heavy atom. The monoisotopic (exact) mass is 307 g/mol. The summed E-state index contributed by atoms with van der Waals surface area (Å²) in [5.74, 6) is 1.37. The standard InChI is InChI=1S/C18H21N5/c1-13-11-17(22-16-10-6-5-7-14(16)12-19)23-18(20-13)21-15-8-3-2-4-9-15/h5-7,10-11,15H,2-4,8-9H2,1H3,(H2,20,21,22,23). The molecule has 0 amide bonds. The molecule has 23 heavy (non-hydrogen) atoms. The van der Waals surface area contributed by atoms with Crippen molar-refractivity contribution in [3.63, 3.8) is 0 Å². The Bertz CT molecular complexity index is 714. The van der Waals surface area contributed by atoms with Gasteiger partial charge in [0.15, 0.2) is 0 Å². The Labute approximate surface area is 136 Å². The molecule has 1 saturated carbocycles. The lowest BCUT2D eigenvalue weighted by atomic mass is 9.96. The van der Waals surface area contributed by atoms with Crippen LogP contribution in [0.5, 0.6) is 0 Å². The van der Waals surface area contributed by atoms with Crippen LogP contribution in [0.3, 0.4) is 0 Å². The summed E-state index contributed by atoms with van der Waals surface area (Å²) in [5, 5.41) is 15.9. The molecule has 1 aliphatic rings. The molecule has 0 radical (unpaired) electrons. The number of anilines is 3. The minimum Gasteiger partial charge on any atom is -0.351 e. The van der Waals surface area contributed by atoms with E-state index < -0.39 is 0 Å². The van der Waals surface area contributed by atoms with Crippen molar-refractivity contribution in [2.45, 2.75) is 45.1 Å². The van der Waals surface area contributed by atoms with Gasteiger partial charge < -0.3 is 10.6 Å². The van der Waals surface area contributed by atoms with Crippen molar-refractivity contribution in [2.24, 2.45) is 0 Å². The van der Waals surface area contributed by atoms with Crippen LogP contribution in [0.4, 0.5) is 17.5 Å². The van der Waals surface area contributed by atoms with Crippen molar-refractivity contribution >= 4 is 17.5 Å². The van der Waals surface area contributed by atoms with Crippen LogP contribution in [0.25, 0.3) is 0 Å². The lowest BCUT2D eigenvalue weighted by Crippen LogP contribution is -2.23. The third-order valence-corrected chi connectivity index (χ3v) is 4.10. The van der Waals surface area contributed by atoms with E-state index in [9.17, 15) is 5.26 Å². The first-order valence-electron chi connectivity index (χ1n) is 8.13. The van der Waals surface area contributed by atoms with E-state index in [2.05, 4.69) is 26.7 Å². The number of nitrogens with zero attached hydrogens (tertiary/aromatic N) is 3. The molecule has 1 aliphatic carbocycles. The molecule has 1 heterocycles. The van der Waals surface area contributed by atoms with E-state index in [1.54, 1.807) is 6.07 Å². The fraction of sp³-hybridized carbons (Fsp3) is 0.389. The molecule has 0 bridgehead atoms. The third kappa shape index (κ3) is 3.98. The Morgan fingerprint density at radius 1 is 1.13 bits per heavy atom. The molecule has 0 unspecified atom stereocenters. The van der Waals surface area contributed by atoms with Gasteiger partial charge in [-0.3, -0.25) is 0 Å². The second kappa shape index (κ2) is 7.10. The topological polar surface area (TPSA) is 73.6 Å². The lowest BCUT2D eigenvalue weighted by molar-refractivity contribution is 0.461. The average molecular weight is 307 g/mol. The highest BCUT2D eigenvalue weighted by Crippen LogP contribution is 2.23. The highest BCUT2D eigenvalue weighted by atomic mass is 15.2. The average Bonchev–Trinajstić information content (AvgIpc) is 2.56. The van der Waals surface area contributed by atoms with Crippen molar-refractivity contribution < 1.29 is 0 Å². The lowest BCUT2D eigenvalue weighted by Gasteiger charge is -2.23. The van der Waals surface area contributed by atoms with E-state index in [0.29, 0.717) is 23.4 Å². The normalized spacial score (nSPS) is 15.0. The summed E-state index contributed by atoms with van der Waals surface area (Å²) in [5.41, 5.74) is 2.26. The van der Waals surface area contributed by atoms with Gasteiger partial charge in [0.05, 0.1) is 11.3 Å². The van der Waals surface area contributed by atoms with E-state index >= 15 is 0 Å². The zero-order valence-corrected chi connectivity index (χ0v) is 13.3. The summed E-state index contributed by atoms with van der Waals surface area (Å²) < 4.78 is 0. The number of para-hydroxylation sites is 1. The summed E-state index contributed by atoms with van der Waals surface area (Å²) in [6, 6.07) is 12.0. The number of hydrogen-bond acceptors (Lipinski definition) is 5. The fourth-order valence-electron chi connectivity index (χ4n) is 2.95. The van der Waals surface area contributed by atoms with Gasteiger partial charge in [0.1, 0.15) is 11.9 Å². The SMILES string of the molecule is Cc1cc(Nc2ccccc2C#N)nc(NC2CCCCC2)n1. The Morgan fingerprint density at radius 2 is 1.91 bits per heavy atom. The molecular formula is C18H21N5. The molecule has 0 aliphatic heterocycles. The molecule has 0 saturated heterocycles. The molecule has 5 nitrogen and oxygen atoms in total. The van der Waals surface area contributed by atoms with Gasteiger partial charge in [-0.1, -0.05) is 31.4 Å². The number of nitrogens with one attached hydrogen (secondary N) is 2. The van der Waals surface area contributed by atoms with Crippen molar-refractivity contribution in [3.8, 4) is 6.07 Å². The summed E-state index contributed by atoms with van der Waals surface area (Å²) in [6.07, 6.45) is 6.22. The molecule has 0 atom stereocenters. The van der Waals surface area contributed by atoms with Crippen molar-refractivity contribution in [2.75, 3.05) is 10.6 Å². The van der Waals surface area contributed by atoms with Gasteiger partial charge in [-0.2, -0.15) is 10.2 Å². The van der Waals surface area contributed by atoms with Crippen LogP contribution < -0.4 is 10.6 Å². The van der Waals surface area contributed by atoms with Crippen LogP contribution in [-0.2, 0) is 0 Å². The number of aryl methyl sites for hydroxylation is 1. The molecule has 1 aromatic heterocycles. The molecule has 118 valence electrons. The van der Waals surface area contributed by atoms with E-state index in [0.717, 1.165) is 11.4 Å².